The van der Waals surface area contributed by atoms with Crippen molar-refractivity contribution in [2.45, 2.75) is 56.4 Å². The Balaban J connectivity index is 1.80. The van der Waals surface area contributed by atoms with E-state index in [-0.39, 0.29) is 24.4 Å². The molecule has 1 aromatic carbocycles. The molecule has 2 aliphatic heterocycles. The molecule has 0 saturated carbocycles. The lowest BCUT2D eigenvalue weighted by molar-refractivity contribution is 0.00578. The molecule has 1 atom stereocenters. The van der Waals surface area contributed by atoms with Crippen LogP contribution in [0.15, 0.2) is 29.2 Å². The molecular formula is C16H23BFNO4S. The molecule has 0 amide bonds. The van der Waals surface area contributed by atoms with Crippen LogP contribution in [-0.4, -0.2) is 50.3 Å². The van der Waals surface area contributed by atoms with Gasteiger partial charge in [-0.2, -0.15) is 4.31 Å². The van der Waals surface area contributed by atoms with E-state index in [2.05, 4.69) is 0 Å². The van der Waals surface area contributed by atoms with E-state index in [1.807, 2.05) is 27.7 Å². The molecule has 5 nitrogen and oxygen atoms in total. The smallest absolute Gasteiger partial charge is 0.399 e. The molecule has 0 N–H and O–H groups in total. The van der Waals surface area contributed by atoms with Gasteiger partial charge in [0.2, 0.25) is 10.0 Å². The van der Waals surface area contributed by atoms with Crippen molar-refractivity contribution in [3.8, 4) is 0 Å². The van der Waals surface area contributed by atoms with E-state index >= 15 is 0 Å². The van der Waals surface area contributed by atoms with E-state index in [1.54, 1.807) is 12.1 Å². The molecule has 3 rings (SSSR count). The largest absolute Gasteiger partial charge is 0.494 e. The normalized spacial score (nSPS) is 26.9. The summed E-state index contributed by atoms with van der Waals surface area (Å²) in [7, 11) is -4.18. The molecule has 2 aliphatic rings. The van der Waals surface area contributed by atoms with Crippen LogP contribution in [0.2, 0.25) is 0 Å². The number of nitrogens with zero attached hydrogens (tertiary/aromatic N) is 1. The number of hydrogen-bond acceptors (Lipinski definition) is 4. The summed E-state index contributed by atoms with van der Waals surface area (Å²) >= 11 is 0. The van der Waals surface area contributed by atoms with Crippen molar-refractivity contribution < 1.29 is 22.1 Å². The molecule has 0 unspecified atom stereocenters. The molecule has 0 radical (unpaired) electrons. The Labute approximate surface area is 143 Å². The molecule has 8 heteroatoms. The molecule has 2 fully saturated rings. The van der Waals surface area contributed by atoms with Gasteiger partial charge in [-0.25, -0.2) is 12.8 Å². The minimum absolute atomic E-state index is 0.0681. The van der Waals surface area contributed by atoms with E-state index in [0.717, 1.165) is 5.46 Å². The molecule has 2 heterocycles. The maximum Gasteiger partial charge on any atom is 0.494 e. The summed E-state index contributed by atoms with van der Waals surface area (Å²) in [6.45, 7) is 8.02. The van der Waals surface area contributed by atoms with Crippen LogP contribution in [-0.2, 0) is 19.3 Å². The van der Waals surface area contributed by atoms with Crippen LogP contribution >= 0.6 is 0 Å². The van der Waals surface area contributed by atoms with Gasteiger partial charge in [-0.1, -0.05) is 12.1 Å². The van der Waals surface area contributed by atoms with Crippen molar-refractivity contribution in [1.82, 2.24) is 4.31 Å². The van der Waals surface area contributed by atoms with Crippen molar-refractivity contribution in [2.24, 2.45) is 0 Å². The maximum absolute atomic E-state index is 13.3. The lowest BCUT2D eigenvalue weighted by Gasteiger charge is -2.32. The van der Waals surface area contributed by atoms with E-state index in [1.165, 1.54) is 16.4 Å². The Morgan fingerprint density at radius 3 is 2.12 bits per heavy atom. The lowest BCUT2D eigenvalue weighted by atomic mass is 9.79. The lowest BCUT2D eigenvalue weighted by Crippen LogP contribution is -2.41. The van der Waals surface area contributed by atoms with Crippen LogP contribution in [0.5, 0.6) is 0 Å². The second kappa shape index (κ2) is 5.80. The number of hydrogen-bond donors (Lipinski definition) is 0. The maximum atomic E-state index is 13.3. The Morgan fingerprint density at radius 1 is 1.12 bits per heavy atom. The second-order valence-corrected chi connectivity index (χ2v) is 9.34. The van der Waals surface area contributed by atoms with Gasteiger partial charge < -0.3 is 9.31 Å². The number of alkyl halides is 1. The van der Waals surface area contributed by atoms with Crippen molar-refractivity contribution in [3.63, 3.8) is 0 Å². The van der Waals surface area contributed by atoms with Gasteiger partial charge in [0.05, 0.1) is 16.1 Å². The predicted octanol–water partition coefficient (Wildman–Crippen LogP) is 1.72. The summed E-state index contributed by atoms with van der Waals surface area (Å²) in [5.41, 5.74) is -0.139. The Morgan fingerprint density at radius 2 is 1.67 bits per heavy atom. The minimum atomic E-state index is -3.65. The first-order chi connectivity index (χ1) is 11.0. The molecule has 1 aromatic rings. The highest BCUT2D eigenvalue weighted by Gasteiger charge is 2.51. The molecule has 0 spiro atoms. The first-order valence-electron chi connectivity index (χ1n) is 8.13. The van der Waals surface area contributed by atoms with Gasteiger partial charge in [-0.05, 0) is 51.7 Å². The molecular weight excluding hydrogens is 332 g/mol. The summed E-state index contributed by atoms with van der Waals surface area (Å²) in [4.78, 5) is 0.164. The highest BCUT2D eigenvalue weighted by molar-refractivity contribution is 7.89. The van der Waals surface area contributed by atoms with Gasteiger partial charge in [0.25, 0.3) is 0 Å². The topological polar surface area (TPSA) is 55.8 Å². The molecule has 0 bridgehead atoms. The summed E-state index contributed by atoms with van der Waals surface area (Å²) in [6, 6.07) is 6.44. The molecule has 0 aliphatic carbocycles. The molecule has 132 valence electrons. The quantitative estimate of drug-likeness (QED) is 0.775. The molecule has 0 aromatic heterocycles. The fourth-order valence-corrected chi connectivity index (χ4v) is 4.31. The summed E-state index contributed by atoms with van der Waals surface area (Å²) in [5, 5.41) is 0. The van der Waals surface area contributed by atoms with Crippen LogP contribution in [0.4, 0.5) is 4.39 Å². The van der Waals surface area contributed by atoms with Gasteiger partial charge in [0, 0.05) is 13.1 Å². The Kier molecular flexibility index (Phi) is 4.31. The third-order valence-electron chi connectivity index (χ3n) is 5.14. The highest BCUT2D eigenvalue weighted by Crippen LogP contribution is 2.36. The predicted molar refractivity (Wildman–Crippen MR) is 90.4 cm³/mol. The van der Waals surface area contributed by atoms with Gasteiger partial charge in [0.15, 0.2) is 0 Å². The first kappa shape index (κ1) is 17.9. The molecule has 2 saturated heterocycles. The first-order valence-corrected chi connectivity index (χ1v) is 9.57. The summed E-state index contributed by atoms with van der Waals surface area (Å²) in [5.74, 6) is 0. The second-order valence-electron chi connectivity index (χ2n) is 7.41. The van der Waals surface area contributed by atoms with Crippen LogP contribution in [0.1, 0.15) is 34.1 Å². The standard InChI is InChI=1S/C16H23BFNO4S/c1-15(2)16(3,4)23-17(22-15)12-5-7-14(8-6-12)24(20,21)19-10-9-13(18)11-19/h5-8,13H,9-11H2,1-4H3/t13-/m0/s1. The van der Waals surface area contributed by atoms with Crippen molar-refractivity contribution in [2.75, 3.05) is 13.1 Å². The van der Waals surface area contributed by atoms with Crippen molar-refractivity contribution >= 4 is 22.6 Å². The number of sulfonamides is 1. The fraction of sp³-hybridized carbons (Fsp3) is 0.625. The van der Waals surface area contributed by atoms with Crippen LogP contribution < -0.4 is 5.46 Å². The zero-order chi connectivity index (χ0) is 17.8. The van der Waals surface area contributed by atoms with Crippen molar-refractivity contribution in [3.05, 3.63) is 24.3 Å². The SMILES string of the molecule is CC1(C)OB(c2ccc(S(=O)(=O)N3CC[C@H](F)C3)cc2)OC1(C)C. The Bertz CT molecular complexity index is 704. The third-order valence-corrected chi connectivity index (χ3v) is 7.02. The van der Waals surface area contributed by atoms with Gasteiger partial charge in [0.1, 0.15) is 6.17 Å². The number of benzene rings is 1. The van der Waals surface area contributed by atoms with E-state index in [9.17, 15) is 12.8 Å². The zero-order valence-electron chi connectivity index (χ0n) is 14.5. The van der Waals surface area contributed by atoms with Crippen molar-refractivity contribution in [1.29, 1.82) is 0 Å². The highest BCUT2D eigenvalue weighted by atomic mass is 32.2. The average Bonchev–Trinajstić information content (AvgIpc) is 3.01. The monoisotopic (exact) mass is 355 g/mol. The zero-order valence-corrected chi connectivity index (χ0v) is 15.3. The minimum Gasteiger partial charge on any atom is -0.399 e. The van der Waals surface area contributed by atoms with Crippen LogP contribution in [0.3, 0.4) is 0 Å². The number of halogens is 1. The van der Waals surface area contributed by atoms with Crippen LogP contribution in [0, 0.1) is 0 Å². The van der Waals surface area contributed by atoms with Gasteiger partial charge >= 0.3 is 7.12 Å². The van der Waals surface area contributed by atoms with E-state index < -0.39 is 34.5 Å². The summed E-state index contributed by atoms with van der Waals surface area (Å²) in [6.07, 6.45) is -0.825. The number of rotatable bonds is 3. The van der Waals surface area contributed by atoms with Gasteiger partial charge in [-0.3, -0.25) is 0 Å². The van der Waals surface area contributed by atoms with E-state index in [4.69, 9.17) is 9.31 Å². The fourth-order valence-electron chi connectivity index (χ4n) is 2.83. The average molecular weight is 355 g/mol. The van der Waals surface area contributed by atoms with E-state index in [0.29, 0.717) is 0 Å². The molecule has 24 heavy (non-hydrogen) atoms. The van der Waals surface area contributed by atoms with Gasteiger partial charge in [-0.15, -0.1) is 0 Å². The third kappa shape index (κ3) is 3.01. The summed E-state index contributed by atoms with van der Waals surface area (Å²) < 4.78 is 51.4. The Hall–Kier alpha value is -0.955. The van der Waals surface area contributed by atoms with Crippen LogP contribution in [0.25, 0.3) is 0 Å².